The molecule has 2 amide bonds. The number of anilines is 1. The molecule has 34 heavy (non-hydrogen) atoms. The Morgan fingerprint density at radius 1 is 0.971 bits per heavy atom. The van der Waals surface area contributed by atoms with Gasteiger partial charge in [-0.3, -0.25) is 0 Å². The third-order valence-electron chi connectivity index (χ3n) is 7.36. The van der Waals surface area contributed by atoms with Crippen LogP contribution in [0.2, 0.25) is 0 Å². The van der Waals surface area contributed by atoms with Crippen LogP contribution >= 0.6 is 0 Å². The van der Waals surface area contributed by atoms with E-state index in [9.17, 15) is 4.79 Å². The lowest BCUT2D eigenvalue weighted by Gasteiger charge is -2.32. The van der Waals surface area contributed by atoms with Gasteiger partial charge in [0.15, 0.2) is 0 Å². The number of rotatable bonds is 4. The number of aryl methyl sites for hydroxylation is 1. The summed E-state index contributed by atoms with van der Waals surface area (Å²) in [5.41, 5.74) is 5.95. The predicted octanol–water partition coefficient (Wildman–Crippen LogP) is 4.15. The van der Waals surface area contributed by atoms with E-state index >= 15 is 0 Å². The molecule has 4 heterocycles. The molecule has 0 saturated carbocycles. The smallest absolute Gasteiger partial charge is 0.317 e. The molecule has 1 saturated heterocycles. The number of fused-ring (bicyclic) bond motifs is 5. The molecule has 1 N–H and O–H groups in total. The summed E-state index contributed by atoms with van der Waals surface area (Å²) in [5, 5.41) is 5.59. The molecule has 0 radical (unpaired) electrons. The van der Waals surface area contributed by atoms with Gasteiger partial charge in [-0.25, -0.2) is 9.78 Å². The number of carbonyl (C=O) groups excluding carboxylic acids is 1. The Morgan fingerprint density at radius 3 is 2.59 bits per heavy atom. The van der Waals surface area contributed by atoms with Gasteiger partial charge >= 0.3 is 6.03 Å². The quantitative estimate of drug-likeness (QED) is 0.467. The largest absolute Gasteiger partial charge is 0.369 e. The Balaban J connectivity index is 0.00000253. The first-order valence-electron chi connectivity index (χ1n) is 12.5. The predicted molar refractivity (Wildman–Crippen MR) is 141 cm³/mol. The fourth-order valence-corrected chi connectivity index (χ4v) is 5.55. The van der Waals surface area contributed by atoms with E-state index in [2.05, 4.69) is 75.3 Å². The standard InChI is InChI=1S/C27H32N6O.H2/c1-30-16-18-32(19-17-30)27(34)28-12-6-13-31-14-7-15-33-23-11-5-3-9-21(23)24-26(33)25(31)20-8-2-4-10-22(20)29-24;/h2-5,8-11H,6-7,12-19H2,1H3,(H,28,34);1H. The van der Waals surface area contributed by atoms with Crippen LogP contribution in [0.4, 0.5) is 10.5 Å². The molecule has 0 atom stereocenters. The van der Waals surface area contributed by atoms with Crippen molar-refractivity contribution in [2.45, 2.75) is 19.4 Å². The Bertz CT molecular complexity index is 1360. The van der Waals surface area contributed by atoms with Crippen molar-refractivity contribution in [2.24, 2.45) is 0 Å². The summed E-state index contributed by atoms with van der Waals surface area (Å²) >= 11 is 0. The summed E-state index contributed by atoms with van der Waals surface area (Å²) in [6.07, 6.45) is 2.00. The highest BCUT2D eigenvalue weighted by molar-refractivity contribution is 6.16. The maximum Gasteiger partial charge on any atom is 0.317 e. The maximum atomic E-state index is 12.6. The number of para-hydroxylation sites is 2. The molecule has 4 aromatic rings. The van der Waals surface area contributed by atoms with Crippen molar-refractivity contribution in [3.63, 3.8) is 0 Å². The van der Waals surface area contributed by atoms with Gasteiger partial charge < -0.3 is 24.6 Å². The Kier molecular flexibility index (Phi) is 5.49. The van der Waals surface area contributed by atoms with E-state index < -0.39 is 0 Å². The molecule has 178 valence electrons. The van der Waals surface area contributed by atoms with Gasteiger partial charge in [-0.1, -0.05) is 36.4 Å². The number of nitrogens with one attached hydrogen (secondary N) is 1. The number of pyridine rings is 1. The zero-order chi connectivity index (χ0) is 23.1. The molecule has 2 aliphatic rings. The molecule has 7 heteroatoms. The monoisotopic (exact) mass is 458 g/mol. The number of carbonyl (C=O) groups is 1. The minimum atomic E-state index is 0. The van der Waals surface area contributed by atoms with Crippen LogP contribution in [0.5, 0.6) is 0 Å². The van der Waals surface area contributed by atoms with Crippen LogP contribution in [0.1, 0.15) is 14.3 Å². The van der Waals surface area contributed by atoms with Crippen molar-refractivity contribution < 1.29 is 6.22 Å². The summed E-state index contributed by atoms with van der Waals surface area (Å²) < 4.78 is 2.47. The van der Waals surface area contributed by atoms with Crippen LogP contribution in [0.3, 0.4) is 0 Å². The van der Waals surface area contributed by atoms with Crippen molar-refractivity contribution in [2.75, 3.05) is 57.8 Å². The number of benzene rings is 2. The number of hydrogen-bond donors (Lipinski definition) is 1. The topological polar surface area (TPSA) is 56.6 Å². The molecule has 2 aliphatic heterocycles. The number of amides is 2. The molecule has 0 bridgehead atoms. The second-order valence-corrected chi connectivity index (χ2v) is 9.56. The van der Waals surface area contributed by atoms with Gasteiger partial charge in [0.25, 0.3) is 0 Å². The Labute approximate surface area is 201 Å². The highest BCUT2D eigenvalue weighted by Crippen LogP contribution is 2.40. The number of nitrogens with zero attached hydrogens (tertiary/aromatic N) is 5. The van der Waals surface area contributed by atoms with Crippen LogP contribution < -0.4 is 10.2 Å². The van der Waals surface area contributed by atoms with Crippen molar-refractivity contribution in [3.05, 3.63) is 48.5 Å². The summed E-state index contributed by atoms with van der Waals surface area (Å²) in [7, 11) is 2.11. The van der Waals surface area contributed by atoms with Crippen molar-refractivity contribution in [1.82, 2.24) is 24.7 Å². The molecule has 6 rings (SSSR count). The zero-order valence-corrected chi connectivity index (χ0v) is 19.8. The summed E-state index contributed by atoms with van der Waals surface area (Å²) in [5.74, 6) is 0. The fraction of sp³-hybridized carbons (Fsp3) is 0.407. The van der Waals surface area contributed by atoms with Gasteiger partial charge in [-0.2, -0.15) is 0 Å². The first-order chi connectivity index (χ1) is 16.7. The first kappa shape index (κ1) is 21.2. The Hall–Kier alpha value is -3.32. The second-order valence-electron chi connectivity index (χ2n) is 9.56. The van der Waals surface area contributed by atoms with Crippen LogP contribution in [0.25, 0.3) is 32.8 Å². The minimum Gasteiger partial charge on any atom is -0.369 e. The third kappa shape index (κ3) is 3.64. The average molecular weight is 459 g/mol. The Morgan fingerprint density at radius 2 is 1.74 bits per heavy atom. The minimum absolute atomic E-state index is 0. The van der Waals surface area contributed by atoms with E-state index in [4.69, 9.17) is 4.98 Å². The number of piperazine rings is 1. The molecule has 7 nitrogen and oxygen atoms in total. The molecule has 0 unspecified atom stereocenters. The van der Waals surface area contributed by atoms with E-state index in [1.165, 1.54) is 27.5 Å². The van der Waals surface area contributed by atoms with Crippen molar-refractivity contribution in [3.8, 4) is 0 Å². The molecule has 2 aromatic heterocycles. The molecule has 2 aromatic carbocycles. The van der Waals surface area contributed by atoms with Crippen LogP contribution in [0, 0.1) is 0 Å². The van der Waals surface area contributed by atoms with Gasteiger partial charge in [0.05, 0.1) is 27.8 Å². The number of aromatic nitrogens is 2. The van der Waals surface area contributed by atoms with Gasteiger partial charge in [0.2, 0.25) is 0 Å². The van der Waals surface area contributed by atoms with Crippen molar-refractivity contribution >= 4 is 44.6 Å². The lowest BCUT2D eigenvalue weighted by molar-refractivity contribution is 0.154. The van der Waals surface area contributed by atoms with Gasteiger partial charge in [0, 0.05) is 64.6 Å². The summed E-state index contributed by atoms with van der Waals surface area (Å²) in [6.45, 7) is 7.10. The lowest BCUT2D eigenvalue weighted by atomic mass is 10.1. The van der Waals surface area contributed by atoms with Crippen LogP contribution in [-0.2, 0) is 6.54 Å². The average Bonchev–Trinajstić information content (AvgIpc) is 3.04. The lowest BCUT2D eigenvalue weighted by Crippen LogP contribution is -2.50. The van der Waals surface area contributed by atoms with E-state index in [-0.39, 0.29) is 7.46 Å². The number of hydrogen-bond acceptors (Lipinski definition) is 4. The number of urea groups is 1. The summed E-state index contributed by atoms with van der Waals surface area (Å²) in [4.78, 5) is 24.4. The third-order valence-corrected chi connectivity index (χ3v) is 7.36. The number of likely N-dealkylation sites (N-methyl/N-ethyl adjacent to an activating group) is 1. The normalized spacial score (nSPS) is 17.0. The molecule has 1 fully saturated rings. The van der Waals surface area contributed by atoms with E-state index in [0.717, 1.165) is 69.7 Å². The van der Waals surface area contributed by atoms with E-state index in [0.29, 0.717) is 6.54 Å². The van der Waals surface area contributed by atoms with Crippen LogP contribution in [-0.4, -0.2) is 78.2 Å². The molecular formula is C27H34N6O. The van der Waals surface area contributed by atoms with Gasteiger partial charge in [-0.05, 0) is 32.0 Å². The molecular weight excluding hydrogens is 424 g/mol. The maximum absolute atomic E-state index is 12.6. The SMILES string of the molecule is CN1CCN(C(=O)NCCCN2CCCn3c4ccccc4c4nc5ccccc5c2c43)CC1.[HH]. The van der Waals surface area contributed by atoms with Crippen LogP contribution in [0.15, 0.2) is 48.5 Å². The highest BCUT2D eigenvalue weighted by atomic mass is 16.2. The molecule has 0 aliphatic carbocycles. The van der Waals surface area contributed by atoms with Crippen molar-refractivity contribution in [1.29, 1.82) is 0 Å². The van der Waals surface area contributed by atoms with E-state index in [1.54, 1.807) is 0 Å². The highest BCUT2D eigenvalue weighted by Gasteiger charge is 2.24. The van der Waals surface area contributed by atoms with E-state index in [1.807, 2.05) is 4.90 Å². The second kappa shape index (κ2) is 8.80. The van der Waals surface area contributed by atoms with Gasteiger partial charge in [0.1, 0.15) is 0 Å². The van der Waals surface area contributed by atoms with Gasteiger partial charge in [-0.15, -0.1) is 0 Å². The summed E-state index contributed by atoms with van der Waals surface area (Å²) in [6, 6.07) is 17.2. The molecule has 0 spiro atoms. The first-order valence-corrected chi connectivity index (χ1v) is 12.5. The fourth-order valence-electron chi connectivity index (χ4n) is 5.55. The zero-order valence-electron chi connectivity index (χ0n) is 19.8.